The molecule has 0 spiro atoms. The Kier molecular flexibility index (Phi) is 2.93. The zero-order chi connectivity index (χ0) is 8.97. The molecule has 0 aromatic heterocycles. The topological polar surface area (TPSA) is 33.0 Å². The minimum absolute atomic E-state index is 0.131. The third-order valence-electron chi connectivity index (χ3n) is 1.47. The smallest absolute Gasteiger partial charge is 0.133 e. The predicted molar refractivity (Wildman–Crippen MR) is 46.9 cm³/mol. The van der Waals surface area contributed by atoms with Gasteiger partial charge < -0.3 is 4.74 Å². The number of rotatable bonds is 2. The number of hydrogen-bond acceptors (Lipinski definition) is 2. The quantitative estimate of drug-likeness (QED) is 0.624. The number of hydrogen-bond donors (Lipinski definition) is 0. The summed E-state index contributed by atoms with van der Waals surface area (Å²) in [6, 6.07) is 2.10. The number of nitrogens with zero attached hydrogens (tertiary/aromatic N) is 1. The number of ether oxygens (including phenoxy) is 1. The molecule has 0 saturated heterocycles. The molecule has 1 aliphatic carbocycles. The average molecular weight is 162 g/mol. The lowest BCUT2D eigenvalue weighted by molar-refractivity contribution is 0.154. The van der Waals surface area contributed by atoms with E-state index in [0.717, 1.165) is 12.2 Å². The van der Waals surface area contributed by atoms with E-state index >= 15 is 0 Å². The van der Waals surface area contributed by atoms with Gasteiger partial charge in [-0.1, -0.05) is 6.08 Å². The molecule has 0 atom stereocenters. The zero-order valence-corrected chi connectivity index (χ0v) is 7.37. The zero-order valence-electron chi connectivity index (χ0n) is 7.37. The second kappa shape index (κ2) is 3.96. The van der Waals surface area contributed by atoms with Gasteiger partial charge in [0.05, 0.1) is 11.7 Å². The molecule has 0 saturated carbocycles. The molecule has 1 aliphatic rings. The first-order chi connectivity index (χ1) is 5.74. The fourth-order valence-electron chi connectivity index (χ4n) is 1.01. The van der Waals surface area contributed by atoms with Crippen molar-refractivity contribution >= 4 is 0 Å². The first-order valence-electron chi connectivity index (χ1n) is 4.05. The van der Waals surface area contributed by atoms with E-state index in [9.17, 15) is 0 Å². The van der Waals surface area contributed by atoms with E-state index in [1.165, 1.54) is 0 Å². The Morgan fingerprint density at radius 3 is 2.92 bits per heavy atom. The van der Waals surface area contributed by atoms with Crippen LogP contribution in [0.5, 0.6) is 0 Å². The normalized spacial score (nSPS) is 16.5. The van der Waals surface area contributed by atoms with Gasteiger partial charge in [0.2, 0.25) is 0 Å². The van der Waals surface area contributed by atoms with Crippen molar-refractivity contribution in [3.8, 4) is 6.07 Å². The van der Waals surface area contributed by atoms with Crippen molar-refractivity contribution in [1.82, 2.24) is 0 Å². The summed E-state index contributed by atoms with van der Waals surface area (Å²) in [5.41, 5.74) is 0.620. The third-order valence-corrected chi connectivity index (χ3v) is 1.47. The lowest BCUT2D eigenvalue weighted by Gasteiger charge is -2.15. The van der Waals surface area contributed by atoms with E-state index in [1.54, 1.807) is 6.08 Å². The van der Waals surface area contributed by atoms with Gasteiger partial charge in [0.1, 0.15) is 11.8 Å². The first-order valence-corrected chi connectivity index (χ1v) is 4.05. The molecule has 2 heteroatoms. The highest BCUT2D eigenvalue weighted by atomic mass is 16.5. The molecule has 0 aliphatic heterocycles. The molecule has 0 aromatic carbocycles. The highest BCUT2D eigenvalue weighted by molar-refractivity contribution is 5.42. The highest BCUT2D eigenvalue weighted by Gasteiger charge is 2.10. The van der Waals surface area contributed by atoms with Gasteiger partial charge in [0.25, 0.3) is 0 Å². The lowest BCUT2D eigenvalue weighted by atomic mass is 10.1. The molecule has 12 heavy (non-hydrogen) atoms. The fraction of sp³-hybridized carbons (Fsp3) is 0.400. The van der Waals surface area contributed by atoms with Crippen molar-refractivity contribution in [3.63, 3.8) is 0 Å². The van der Waals surface area contributed by atoms with Crippen LogP contribution in [0.3, 0.4) is 0 Å². The van der Waals surface area contributed by atoms with E-state index in [-0.39, 0.29) is 6.10 Å². The molecule has 0 amide bonds. The largest absolute Gasteiger partial charge is 0.490 e. The molecule has 0 fully saturated rings. The van der Waals surface area contributed by atoms with Crippen molar-refractivity contribution in [1.29, 1.82) is 5.26 Å². The minimum Gasteiger partial charge on any atom is -0.490 e. The molecule has 0 aromatic rings. The third kappa shape index (κ3) is 2.13. The summed E-state index contributed by atoms with van der Waals surface area (Å²) >= 11 is 0. The molecule has 2 nitrogen and oxygen atoms in total. The molecule has 0 unspecified atom stereocenters. The van der Waals surface area contributed by atoms with Gasteiger partial charge in [-0.15, -0.1) is 0 Å². The SMILES string of the molecule is CC(C)OC1=CC[CH]C=C1C#N. The van der Waals surface area contributed by atoms with Crippen LogP contribution in [0.15, 0.2) is 23.5 Å². The van der Waals surface area contributed by atoms with E-state index in [2.05, 4.69) is 6.07 Å². The van der Waals surface area contributed by atoms with E-state index < -0.39 is 0 Å². The van der Waals surface area contributed by atoms with Crippen LogP contribution in [0.4, 0.5) is 0 Å². The van der Waals surface area contributed by atoms with Crippen LogP contribution in [0, 0.1) is 17.8 Å². The van der Waals surface area contributed by atoms with Crippen molar-refractivity contribution in [2.75, 3.05) is 0 Å². The van der Waals surface area contributed by atoms with E-state index in [1.807, 2.05) is 26.3 Å². The maximum atomic E-state index is 8.72. The second-order valence-electron chi connectivity index (χ2n) is 2.90. The van der Waals surface area contributed by atoms with E-state index in [0.29, 0.717) is 5.57 Å². The fourth-order valence-corrected chi connectivity index (χ4v) is 1.01. The Morgan fingerprint density at radius 2 is 2.33 bits per heavy atom. The molecule has 0 N–H and O–H groups in total. The standard InChI is InChI=1S/C10H12NO/c1-8(2)12-10-6-4-3-5-9(10)7-11/h3,5-6,8H,4H2,1-2H3. The summed E-state index contributed by atoms with van der Waals surface area (Å²) in [6.45, 7) is 3.91. The van der Waals surface area contributed by atoms with Gasteiger partial charge in [-0.2, -0.15) is 5.26 Å². The van der Waals surface area contributed by atoms with Gasteiger partial charge in [-0.3, -0.25) is 0 Å². The van der Waals surface area contributed by atoms with E-state index in [4.69, 9.17) is 10.00 Å². The maximum Gasteiger partial charge on any atom is 0.133 e. The predicted octanol–water partition coefficient (Wildman–Crippen LogP) is 2.35. The summed E-state index contributed by atoms with van der Waals surface area (Å²) in [5, 5.41) is 8.72. The maximum absolute atomic E-state index is 8.72. The molecule has 0 bridgehead atoms. The Morgan fingerprint density at radius 1 is 1.58 bits per heavy atom. The summed E-state index contributed by atoms with van der Waals surface area (Å²) in [5.74, 6) is 0.718. The van der Waals surface area contributed by atoms with Gasteiger partial charge in [-0.05, 0) is 32.8 Å². The van der Waals surface area contributed by atoms with Crippen molar-refractivity contribution in [2.45, 2.75) is 26.4 Å². The van der Waals surface area contributed by atoms with Crippen LogP contribution >= 0.6 is 0 Å². The van der Waals surface area contributed by atoms with Crippen LogP contribution in [0.1, 0.15) is 20.3 Å². The number of allylic oxidation sites excluding steroid dienone is 3. The Balaban J connectivity index is 2.69. The van der Waals surface area contributed by atoms with Crippen molar-refractivity contribution in [2.24, 2.45) is 0 Å². The molecule has 1 rings (SSSR count). The summed E-state index contributed by atoms with van der Waals surface area (Å²) in [4.78, 5) is 0. The van der Waals surface area contributed by atoms with Crippen molar-refractivity contribution in [3.05, 3.63) is 29.9 Å². The van der Waals surface area contributed by atoms with Crippen LogP contribution < -0.4 is 0 Å². The van der Waals surface area contributed by atoms with Crippen molar-refractivity contribution < 1.29 is 4.74 Å². The van der Waals surface area contributed by atoms with Gasteiger partial charge in [0, 0.05) is 0 Å². The molecular formula is C10H12NO. The van der Waals surface area contributed by atoms with Gasteiger partial charge in [-0.25, -0.2) is 0 Å². The van der Waals surface area contributed by atoms with Crippen LogP contribution in [0.2, 0.25) is 0 Å². The highest BCUT2D eigenvalue weighted by Crippen LogP contribution is 2.19. The molecule has 0 heterocycles. The lowest BCUT2D eigenvalue weighted by Crippen LogP contribution is -2.05. The monoisotopic (exact) mass is 162 g/mol. The van der Waals surface area contributed by atoms with Crippen LogP contribution in [0.25, 0.3) is 0 Å². The summed E-state index contributed by atoms with van der Waals surface area (Å²) in [6.07, 6.45) is 6.67. The molecule has 63 valence electrons. The van der Waals surface area contributed by atoms with Gasteiger partial charge >= 0.3 is 0 Å². The number of nitriles is 1. The Hall–Kier alpha value is -1.23. The van der Waals surface area contributed by atoms with Gasteiger partial charge in [0.15, 0.2) is 0 Å². The molecular weight excluding hydrogens is 150 g/mol. The van der Waals surface area contributed by atoms with Crippen LogP contribution in [-0.4, -0.2) is 6.10 Å². The first kappa shape index (κ1) is 8.86. The summed E-state index contributed by atoms with van der Waals surface area (Å²) in [7, 11) is 0. The minimum atomic E-state index is 0.131. The average Bonchev–Trinajstić information content (AvgIpc) is 2.04. The molecule has 1 radical (unpaired) electrons. The Labute approximate surface area is 73.1 Å². The Bertz CT molecular complexity index is 256. The summed E-state index contributed by atoms with van der Waals surface area (Å²) < 4.78 is 5.44. The van der Waals surface area contributed by atoms with Crippen LogP contribution in [-0.2, 0) is 4.74 Å². The second-order valence-corrected chi connectivity index (χ2v) is 2.90.